The second kappa shape index (κ2) is 10.8. The van der Waals surface area contributed by atoms with E-state index in [1.54, 1.807) is 12.4 Å². The minimum atomic E-state index is 0.222. The number of hydrogen-bond acceptors (Lipinski definition) is 8. The molecule has 2 aliphatic rings. The lowest BCUT2D eigenvalue weighted by molar-refractivity contribution is -0.133. The molecule has 0 bridgehead atoms. The summed E-state index contributed by atoms with van der Waals surface area (Å²) < 4.78 is 5.32. The fourth-order valence-corrected chi connectivity index (χ4v) is 4.50. The Bertz CT molecular complexity index is 814. The van der Waals surface area contributed by atoms with E-state index < -0.39 is 0 Å². The Morgan fingerprint density at radius 2 is 1.84 bits per heavy atom. The molecule has 2 saturated heterocycles. The van der Waals surface area contributed by atoms with E-state index >= 15 is 0 Å². The first kappa shape index (κ1) is 21.9. The number of piperazine rings is 1. The van der Waals surface area contributed by atoms with E-state index in [4.69, 9.17) is 9.63 Å². The predicted molar refractivity (Wildman–Crippen MR) is 115 cm³/mol. The summed E-state index contributed by atoms with van der Waals surface area (Å²) in [5.41, 5.74) is 0.874. The quantitative estimate of drug-likeness (QED) is 0.666. The predicted octanol–water partition coefficient (Wildman–Crippen LogP) is 1.06. The van der Waals surface area contributed by atoms with Gasteiger partial charge in [-0.1, -0.05) is 5.16 Å². The summed E-state index contributed by atoms with van der Waals surface area (Å²) >= 11 is 0. The third-order valence-electron chi connectivity index (χ3n) is 6.34. The summed E-state index contributed by atoms with van der Waals surface area (Å²) in [5, 5.41) is 13.1. The van der Waals surface area contributed by atoms with Gasteiger partial charge in [0.05, 0.1) is 6.61 Å². The number of aliphatic hydroxyl groups is 1. The third kappa shape index (κ3) is 5.87. The molecule has 0 unspecified atom stereocenters. The van der Waals surface area contributed by atoms with Gasteiger partial charge in [0.25, 0.3) is 0 Å². The number of nitrogens with zero attached hydrogens (tertiary/aromatic N) is 6. The van der Waals surface area contributed by atoms with Gasteiger partial charge in [-0.05, 0) is 31.4 Å². The van der Waals surface area contributed by atoms with E-state index in [0.29, 0.717) is 37.0 Å². The molecule has 0 atom stereocenters. The Kier molecular flexibility index (Phi) is 7.61. The lowest BCUT2D eigenvalue weighted by Gasteiger charge is -2.42. The largest absolute Gasteiger partial charge is 0.395 e. The van der Waals surface area contributed by atoms with Gasteiger partial charge in [-0.2, -0.15) is 4.98 Å². The molecule has 2 aromatic rings. The molecule has 0 radical (unpaired) electrons. The zero-order chi connectivity index (χ0) is 21.5. The molecule has 0 spiro atoms. The molecule has 9 heteroatoms. The number of rotatable bonds is 8. The second-order valence-corrected chi connectivity index (χ2v) is 8.31. The summed E-state index contributed by atoms with van der Waals surface area (Å²) in [4.78, 5) is 27.9. The van der Waals surface area contributed by atoms with E-state index in [2.05, 4.69) is 24.9 Å². The summed E-state index contributed by atoms with van der Waals surface area (Å²) in [6.07, 6.45) is 7.32. The molecule has 2 fully saturated rings. The molecular formula is C22H32N6O3. The minimum Gasteiger partial charge on any atom is -0.395 e. The van der Waals surface area contributed by atoms with Crippen LogP contribution in [0.25, 0.3) is 11.4 Å². The Morgan fingerprint density at radius 3 is 2.55 bits per heavy atom. The monoisotopic (exact) mass is 428 g/mol. The molecular weight excluding hydrogens is 396 g/mol. The first-order valence-corrected chi connectivity index (χ1v) is 11.3. The first-order chi connectivity index (χ1) is 15.2. The number of likely N-dealkylation sites (tertiary alicyclic amines) is 1. The molecule has 31 heavy (non-hydrogen) atoms. The number of pyridine rings is 1. The minimum absolute atomic E-state index is 0.222. The Balaban J connectivity index is 1.15. The standard InChI is InChI=1S/C22H32N6O3/c29-17-16-26-12-14-27(15-13-26)19-6-10-28(11-7-19)21(30)3-1-2-20-24-22(25-31-20)18-4-8-23-9-5-18/h4-5,8-9,19,29H,1-3,6-7,10-17H2. The lowest BCUT2D eigenvalue weighted by atomic mass is 10.0. The molecule has 4 heterocycles. The second-order valence-electron chi connectivity index (χ2n) is 8.31. The van der Waals surface area contributed by atoms with Gasteiger partial charge < -0.3 is 14.5 Å². The molecule has 0 aliphatic carbocycles. The van der Waals surface area contributed by atoms with Crippen LogP contribution in [-0.4, -0.2) is 99.3 Å². The molecule has 9 nitrogen and oxygen atoms in total. The van der Waals surface area contributed by atoms with Crippen LogP contribution in [0.15, 0.2) is 29.0 Å². The van der Waals surface area contributed by atoms with Crippen molar-refractivity contribution in [2.24, 2.45) is 0 Å². The van der Waals surface area contributed by atoms with Gasteiger partial charge in [-0.15, -0.1) is 0 Å². The number of β-amino-alcohol motifs (C(OH)–C–C–N with tert-alkyl or cyclic N) is 1. The highest BCUT2D eigenvalue weighted by Gasteiger charge is 2.28. The molecule has 4 rings (SSSR count). The molecule has 0 aromatic carbocycles. The van der Waals surface area contributed by atoms with Gasteiger partial charge >= 0.3 is 0 Å². The summed E-state index contributed by atoms with van der Waals surface area (Å²) in [7, 11) is 0. The SMILES string of the molecule is O=C(CCCc1nc(-c2ccncc2)no1)N1CCC(N2CCN(CCO)CC2)CC1. The number of aliphatic hydroxyl groups excluding tert-OH is 1. The molecule has 168 valence electrons. The number of amides is 1. The van der Waals surface area contributed by atoms with Crippen LogP contribution in [0.1, 0.15) is 31.6 Å². The average Bonchev–Trinajstić information content (AvgIpc) is 3.29. The molecule has 2 aromatic heterocycles. The van der Waals surface area contributed by atoms with Gasteiger partial charge in [-0.25, -0.2) is 0 Å². The number of carbonyl (C=O) groups is 1. The van der Waals surface area contributed by atoms with Crippen molar-refractivity contribution >= 4 is 5.91 Å². The number of hydrogen-bond donors (Lipinski definition) is 1. The number of piperidine rings is 1. The zero-order valence-corrected chi connectivity index (χ0v) is 18.0. The van der Waals surface area contributed by atoms with E-state index in [1.165, 1.54) is 0 Å². The van der Waals surface area contributed by atoms with Crippen LogP contribution in [-0.2, 0) is 11.2 Å². The number of aryl methyl sites for hydroxylation is 1. The Morgan fingerprint density at radius 1 is 1.10 bits per heavy atom. The fraction of sp³-hybridized carbons (Fsp3) is 0.636. The molecule has 2 aliphatic heterocycles. The molecule has 1 N–H and O–H groups in total. The maximum absolute atomic E-state index is 12.6. The van der Waals surface area contributed by atoms with Crippen molar-refractivity contribution in [1.82, 2.24) is 29.8 Å². The van der Waals surface area contributed by atoms with Crippen LogP contribution in [0.2, 0.25) is 0 Å². The van der Waals surface area contributed by atoms with Crippen molar-refractivity contribution in [1.29, 1.82) is 0 Å². The zero-order valence-electron chi connectivity index (χ0n) is 18.0. The van der Waals surface area contributed by atoms with E-state index in [0.717, 1.165) is 64.2 Å². The topological polar surface area (TPSA) is 98.8 Å². The summed E-state index contributed by atoms with van der Waals surface area (Å²) in [6.45, 7) is 6.86. The van der Waals surface area contributed by atoms with Crippen molar-refractivity contribution in [3.05, 3.63) is 30.4 Å². The number of aromatic nitrogens is 3. The molecule has 1 amide bonds. The Labute approximate surface area is 183 Å². The van der Waals surface area contributed by atoms with Gasteiger partial charge in [-0.3, -0.25) is 19.6 Å². The maximum Gasteiger partial charge on any atom is 0.226 e. The van der Waals surface area contributed by atoms with Crippen LogP contribution in [0.4, 0.5) is 0 Å². The highest BCUT2D eigenvalue weighted by atomic mass is 16.5. The highest BCUT2D eigenvalue weighted by molar-refractivity contribution is 5.76. The van der Waals surface area contributed by atoms with E-state index in [-0.39, 0.29) is 12.5 Å². The van der Waals surface area contributed by atoms with E-state index in [1.807, 2.05) is 17.0 Å². The van der Waals surface area contributed by atoms with Gasteiger partial charge in [0.1, 0.15) is 0 Å². The first-order valence-electron chi connectivity index (χ1n) is 11.3. The van der Waals surface area contributed by atoms with Crippen LogP contribution < -0.4 is 0 Å². The third-order valence-corrected chi connectivity index (χ3v) is 6.34. The van der Waals surface area contributed by atoms with Crippen LogP contribution in [0.3, 0.4) is 0 Å². The molecule has 0 saturated carbocycles. The van der Waals surface area contributed by atoms with Crippen LogP contribution in [0.5, 0.6) is 0 Å². The average molecular weight is 429 g/mol. The number of carbonyl (C=O) groups excluding carboxylic acids is 1. The highest BCUT2D eigenvalue weighted by Crippen LogP contribution is 2.20. The van der Waals surface area contributed by atoms with Crippen LogP contribution in [0, 0.1) is 0 Å². The van der Waals surface area contributed by atoms with E-state index in [9.17, 15) is 4.79 Å². The summed E-state index contributed by atoms with van der Waals surface area (Å²) in [6, 6.07) is 4.26. The van der Waals surface area contributed by atoms with Crippen LogP contribution >= 0.6 is 0 Å². The van der Waals surface area contributed by atoms with Gasteiger partial charge in [0, 0.05) is 82.7 Å². The van der Waals surface area contributed by atoms with Crippen molar-refractivity contribution in [2.45, 2.75) is 38.1 Å². The smallest absolute Gasteiger partial charge is 0.226 e. The lowest BCUT2D eigenvalue weighted by Crippen LogP contribution is -2.54. The maximum atomic E-state index is 12.6. The van der Waals surface area contributed by atoms with Crippen molar-refractivity contribution in [3.8, 4) is 11.4 Å². The fourth-order valence-electron chi connectivity index (χ4n) is 4.50. The van der Waals surface area contributed by atoms with Crippen molar-refractivity contribution < 1.29 is 14.4 Å². The van der Waals surface area contributed by atoms with Gasteiger partial charge in [0.2, 0.25) is 17.6 Å². The Hall–Kier alpha value is -2.36. The normalized spacial score (nSPS) is 19.1. The van der Waals surface area contributed by atoms with Gasteiger partial charge in [0.15, 0.2) is 0 Å². The summed E-state index contributed by atoms with van der Waals surface area (Å²) in [5.74, 6) is 1.35. The van der Waals surface area contributed by atoms with Crippen molar-refractivity contribution in [3.63, 3.8) is 0 Å². The van der Waals surface area contributed by atoms with Crippen molar-refractivity contribution in [2.75, 3.05) is 52.4 Å².